The summed E-state index contributed by atoms with van der Waals surface area (Å²) in [5.74, 6) is -55.9. The first-order chi connectivity index (χ1) is 13.8. The second kappa shape index (κ2) is 7.92. The van der Waals surface area contributed by atoms with Gasteiger partial charge < -0.3 is 4.74 Å². The Morgan fingerprint density at radius 3 is 1.25 bits per heavy atom. The van der Waals surface area contributed by atoms with Gasteiger partial charge in [-0.3, -0.25) is 0 Å². The van der Waals surface area contributed by atoms with Crippen LogP contribution in [-0.2, 0) is 4.74 Å². The van der Waals surface area contributed by atoms with E-state index in [1.54, 1.807) is 0 Å². The van der Waals surface area contributed by atoms with E-state index in [1.807, 2.05) is 0 Å². The molecule has 1 fully saturated rings. The maximum atomic E-state index is 13.6. The van der Waals surface area contributed by atoms with Gasteiger partial charge in [0.1, 0.15) is 0 Å². The predicted molar refractivity (Wildman–Crippen MR) is 68.9 cm³/mol. The molecule has 0 aliphatic carbocycles. The lowest BCUT2D eigenvalue weighted by molar-refractivity contribution is -0.461. The van der Waals surface area contributed by atoms with Crippen LogP contribution in [0.15, 0.2) is 0 Å². The molecule has 1 atom stereocenters. The van der Waals surface area contributed by atoms with Crippen molar-refractivity contribution in [2.75, 3.05) is 6.61 Å². The molecule has 192 valence electrons. The van der Waals surface area contributed by atoms with Crippen LogP contribution >= 0.6 is 0 Å². The summed E-state index contributed by atoms with van der Waals surface area (Å²) >= 11 is 0. The lowest BCUT2D eigenvalue weighted by Gasteiger charge is -2.42. The zero-order valence-corrected chi connectivity index (χ0v) is 14.9. The maximum Gasteiger partial charge on any atom is 0.460 e. The normalized spacial score (nSPS) is 20.7. The molecule has 0 aromatic carbocycles. The number of hydrogen-bond acceptors (Lipinski definition) is 1. The summed E-state index contributed by atoms with van der Waals surface area (Å²) in [5, 5.41) is 0. The van der Waals surface area contributed by atoms with Crippen molar-refractivity contribution < 1.29 is 79.4 Å². The summed E-state index contributed by atoms with van der Waals surface area (Å²) in [6, 6.07) is 0. The zero-order valence-electron chi connectivity index (χ0n) is 14.9. The van der Waals surface area contributed by atoms with E-state index in [0.29, 0.717) is 0 Å². The average Bonchev–Trinajstić information content (AvgIpc) is 3.11. The van der Waals surface area contributed by atoms with E-state index in [-0.39, 0.29) is 19.4 Å². The number of alkyl halides is 17. The highest BCUT2D eigenvalue weighted by molar-refractivity contribution is 5.15. The summed E-state index contributed by atoms with van der Waals surface area (Å²) < 4.78 is 227. The molecular weight excluding hydrogens is 507 g/mol. The van der Waals surface area contributed by atoms with E-state index in [9.17, 15) is 74.6 Å². The van der Waals surface area contributed by atoms with Gasteiger partial charge >= 0.3 is 47.6 Å². The molecule has 0 bridgehead atoms. The van der Waals surface area contributed by atoms with E-state index >= 15 is 0 Å². The van der Waals surface area contributed by atoms with Crippen molar-refractivity contribution in [1.82, 2.24) is 0 Å². The Kier molecular flexibility index (Phi) is 7.13. The fourth-order valence-electron chi connectivity index (χ4n) is 2.57. The Morgan fingerprint density at radius 1 is 0.531 bits per heavy atom. The molecular formula is C14H11F17O. The molecule has 1 unspecified atom stereocenters. The molecule has 0 amide bonds. The fourth-order valence-corrected chi connectivity index (χ4v) is 2.57. The van der Waals surface area contributed by atoms with Crippen molar-refractivity contribution in [3.8, 4) is 0 Å². The quantitative estimate of drug-likeness (QED) is 0.300. The Morgan fingerprint density at radius 2 is 0.906 bits per heavy atom. The molecule has 0 N–H and O–H groups in total. The molecule has 0 aromatic heterocycles. The van der Waals surface area contributed by atoms with Crippen LogP contribution in [-0.4, -0.2) is 60.3 Å². The zero-order chi connectivity index (χ0) is 25.8. The molecule has 1 rings (SSSR count). The molecule has 18 heteroatoms. The van der Waals surface area contributed by atoms with Gasteiger partial charge in [-0.25, -0.2) is 0 Å². The fraction of sp³-hybridized carbons (Fsp3) is 1.00. The predicted octanol–water partition coefficient (Wildman–Crippen LogP) is 6.96. The Balaban J connectivity index is 3.41. The van der Waals surface area contributed by atoms with Gasteiger partial charge in [-0.05, 0) is 19.3 Å². The largest absolute Gasteiger partial charge is 0.460 e. The highest BCUT2D eigenvalue weighted by Gasteiger charge is 2.95. The smallest absolute Gasteiger partial charge is 0.378 e. The summed E-state index contributed by atoms with van der Waals surface area (Å²) in [6.45, 7) is -0.0877. The van der Waals surface area contributed by atoms with Gasteiger partial charge in [0.2, 0.25) is 0 Å². The van der Waals surface area contributed by atoms with Crippen LogP contribution in [0.1, 0.15) is 25.7 Å². The second-order valence-electron chi connectivity index (χ2n) is 6.82. The third kappa shape index (κ3) is 3.97. The van der Waals surface area contributed by atoms with E-state index in [0.717, 1.165) is 0 Å². The summed E-state index contributed by atoms with van der Waals surface area (Å²) in [5.41, 5.74) is 0. The van der Waals surface area contributed by atoms with Gasteiger partial charge in [0, 0.05) is 13.0 Å². The number of hydrogen-bond donors (Lipinski definition) is 0. The first-order valence-electron chi connectivity index (χ1n) is 8.16. The standard InChI is InChI=1S/C14H11F17O/c15-7(16,4-3-6-2-1-5-32-6)8(17,18)9(19,20)10(21,22)11(23,24)12(25,26)13(27,28)14(29,30)31/h6H,1-5H2. The van der Waals surface area contributed by atoms with E-state index in [1.165, 1.54) is 0 Å². The van der Waals surface area contributed by atoms with Crippen LogP contribution in [0, 0.1) is 0 Å². The SMILES string of the molecule is FC(F)(F)C(F)(F)C(F)(F)C(F)(F)C(F)(F)C(F)(F)C(F)(F)C(F)(F)CCC1CCCO1. The molecule has 1 saturated heterocycles. The average molecular weight is 518 g/mol. The summed E-state index contributed by atoms with van der Waals surface area (Å²) in [4.78, 5) is 0. The number of halogens is 17. The van der Waals surface area contributed by atoms with Crippen LogP contribution in [0.5, 0.6) is 0 Å². The van der Waals surface area contributed by atoms with Crippen molar-refractivity contribution in [2.45, 2.75) is 79.4 Å². The summed E-state index contributed by atoms with van der Waals surface area (Å²) in [7, 11) is 0. The van der Waals surface area contributed by atoms with Gasteiger partial charge in [-0.15, -0.1) is 0 Å². The molecule has 0 spiro atoms. The van der Waals surface area contributed by atoms with Gasteiger partial charge in [0.15, 0.2) is 0 Å². The number of ether oxygens (including phenoxy) is 1. The molecule has 1 aliphatic rings. The molecule has 32 heavy (non-hydrogen) atoms. The van der Waals surface area contributed by atoms with Crippen molar-refractivity contribution in [3.05, 3.63) is 0 Å². The first kappa shape index (κ1) is 28.8. The third-order valence-corrected chi connectivity index (χ3v) is 4.59. The maximum absolute atomic E-state index is 13.6. The van der Waals surface area contributed by atoms with Crippen molar-refractivity contribution >= 4 is 0 Å². The summed E-state index contributed by atoms with van der Waals surface area (Å²) in [6.07, 6.45) is -12.6. The molecule has 1 nitrogen and oxygen atoms in total. The Bertz CT molecular complexity index is 659. The Labute approximate surface area is 166 Å². The number of rotatable bonds is 9. The first-order valence-corrected chi connectivity index (χ1v) is 8.16. The van der Waals surface area contributed by atoms with Gasteiger partial charge in [0.25, 0.3) is 0 Å². The molecule has 0 radical (unpaired) electrons. The molecule has 1 heterocycles. The van der Waals surface area contributed by atoms with Crippen LogP contribution in [0.2, 0.25) is 0 Å². The van der Waals surface area contributed by atoms with Crippen LogP contribution in [0.25, 0.3) is 0 Å². The monoisotopic (exact) mass is 518 g/mol. The van der Waals surface area contributed by atoms with E-state index in [2.05, 4.69) is 4.74 Å². The van der Waals surface area contributed by atoms with Crippen molar-refractivity contribution in [3.63, 3.8) is 0 Å². The lowest BCUT2D eigenvalue weighted by atomic mass is 9.87. The Hall–Kier alpha value is -1.23. The lowest BCUT2D eigenvalue weighted by Crippen LogP contribution is -2.74. The highest BCUT2D eigenvalue weighted by atomic mass is 19.4. The highest BCUT2D eigenvalue weighted by Crippen LogP contribution is 2.64. The molecule has 0 saturated carbocycles. The molecule has 0 aromatic rings. The van der Waals surface area contributed by atoms with E-state index in [4.69, 9.17) is 0 Å². The molecule has 1 aliphatic heterocycles. The minimum atomic E-state index is -8.59. The van der Waals surface area contributed by atoms with Crippen LogP contribution in [0.3, 0.4) is 0 Å². The minimum absolute atomic E-state index is 0.0784. The third-order valence-electron chi connectivity index (χ3n) is 4.59. The minimum Gasteiger partial charge on any atom is -0.378 e. The van der Waals surface area contributed by atoms with Gasteiger partial charge in [-0.1, -0.05) is 0 Å². The second-order valence-corrected chi connectivity index (χ2v) is 6.82. The van der Waals surface area contributed by atoms with Crippen LogP contribution < -0.4 is 0 Å². The van der Waals surface area contributed by atoms with E-state index < -0.39 is 66.6 Å². The topological polar surface area (TPSA) is 9.23 Å². The van der Waals surface area contributed by atoms with Crippen molar-refractivity contribution in [2.24, 2.45) is 0 Å². The van der Waals surface area contributed by atoms with Crippen LogP contribution in [0.4, 0.5) is 74.6 Å². The van der Waals surface area contributed by atoms with Crippen molar-refractivity contribution in [1.29, 1.82) is 0 Å². The van der Waals surface area contributed by atoms with Gasteiger partial charge in [-0.2, -0.15) is 74.6 Å². The van der Waals surface area contributed by atoms with Gasteiger partial charge in [0.05, 0.1) is 6.10 Å².